The van der Waals surface area contributed by atoms with Crippen LogP contribution in [0, 0.1) is 5.92 Å². The van der Waals surface area contributed by atoms with Crippen LogP contribution in [0.15, 0.2) is 24.3 Å². The molecule has 0 amide bonds. The van der Waals surface area contributed by atoms with Gasteiger partial charge < -0.3 is 15.1 Å². The standard InChI is InChI=1S/C15H22ClNO2/c1-11(18)13-5-3-7-17(9-13)10-15(19)12-4-2-6-14(16)8-12/h2,4,6,8,11,13,15,18-19H,3,5,7,9-10H2,1H3. The van der Waals surface area contributed by atoms with Crippen molar-refractivity contribution in [1.82, 2.24) is 4.90 Å². The number of benzene rings is 1. The lowest BCUT2D eigenvalue weighted by Crippen LogP contribution is -2.41. The maximum atomic E-state index is 10.3. The summed E-state index contributed by atoms with van der Waals surface area (Å²) in [5.74, 6) is 0.320. The smallest absolute Gasteiger partial charge is 0.0917 e. The van der Waals surface area contributed by atoms with Crippen molar-refractivity contribution in [3.63, 3.8) is 0 Å². The zero-order valence-electron chi connectivity index (χ0n) is 11.3. The van der Waals surface area contributed by atoms with Gasteiger partial charge in [-0.25, -0.2) is 0 Å². The molecule has 1 fully saturated rings. The highest BCUT2D eigenvalue weighted by Crippen LogP contribution is 2.23. The van der Waals surface area contributed by atoms with E-state index in [0.717, 1.165) is 31.5 Å². The molecule has 106 valence electrons. The van der Waals surface area contributed by atoms with Gasteiger partial charge in [-0.05, 0) is 49.9 Å². The summed E-state index contributed by atoms with van der Waals surface area (Å²) in [5.41, 5.74) is 0.853. The first-order valence-electron chi connectivity index (χ1n) is 6.90. The molecule has 3 atom stereocenters. The summed E-state index contributed by atoms with van der Waals surface area (Å²) in [6.45, 7) is 4.29. The average molecular weight is 284 g/mol. The van der Waals surface area contributed by atoms with E-state index in [0.29, 0.717) is 17.5 Å². The quantitative estimate of drug-likeness (QED) is 0.892. The first-order chi connectivity index (χ1) is 9.06. The van der Waals surface area contributed by atoms with Gasteiger partial charge in [-0.3, -0.25) is 0 Å². The highest BCUT2D eigenvalue weighted by Gasteiger charge is 2.25. The Morgan fingerprint density at radius 2 is 2.21 bits per heavy atom. The third-order valence-electron chi connectivity index (χ3n) is 3.89. The molecule has 3 nitrogen and oxygen atoms in total. The van der Waals surface area contributed by atoms with Gasteiger partial charge >= 0.3 is 0 Å². The molecule has 4 heteroatoms. The second-order valence-corrected chi connectivity index (χ2v) is 5.91. The third kappa shape index (κ3) is 4.18. The molecule has 0 radical (unpaired) electrons. The molecule has 0 aromatic heterocycles. The number of β-amino-alcohol motifs (C(OH)–C–C–N with tert-alkyl or cyclic N) is 1. The predicted molar refractivity (Wildman–Crippen MR) is 77.3 cm³/mol. The van der Waals surface area contributed by atoms with E-state index < -0.39 is 6.10 Å². The van der Waals surface area contributed by atoms with E-state index >= 15 is 0 Å². The van der Waals surface area contributed by atoms with Crippen LogP contribution in [-0.4, -0.2) is 40.9 Å². The van der Waals surface area contributed by atoms with Crippen molar-refractivity contribution in [3.05, 3.63) is 34.9 Å². The number of piperidine rings is 1. The number of likely N-dealkylation sites (tertiary alicyclic amines) is 1. The molecule has 0 bridgehead atoms. The highest BCUT2D eigenvalue weighted by molar-refractivity contribution is 6.30. The summed E-state index contributed by atoms with van der Waals surface area (Å²) in [6.07, 6.45) is 1.36. The fourth-order valence-corrected chi connectivity index (χ4v) is 2.91. The normalized spacial score (nSPS) is 24.1. The highest BCUT2D eigenvalue weighted by atomic mass is 35.5. The van der Waals surface area contributed by atoms with Crippen LogP contribution in [0.3, 0.4) is 0 Å². The van der Waals surface area contributed by atoms with Gasteiger partial charge in [0.05, 0.1) is 12.2 Å². The summed E-state index contributed by atoms with van der Waals surface area (Å²) in [4.78, 5) is 2.23. The summed E-state index contributed by atoms with van der Waals surface area (Å²) in [7, 11) is 0. The second-order valence-electron chi connectivity index (χ2n) is 5.47. The molecular formula is C15H22ClNO2. The number of hydrogen-bond acceptors (Lipinski definition) is 3. The molecule has 1 aromatic rings. The van der Waals surface area contributed by atoms with Gasteiger partial charge in [-0.15, -0.1) is 0 Å². The molecule has 1 aliphatic heterocycles. The topological polar surface area (TPSA) is 43.7 Å². The summed E-state index contributed by atoms with van der Waals surface area (Å²) in [6, 6.07) is 7.37. The van der Waals surface area contributed by atoms with Crippen LogP contribution in [0.25, 0.3) is 0 Å². The maximum absolute atomic E-state index is 10.3. The van der Waals surface area contributed by atoms with E-state index in [4.69, 9.17) is 11.6 Å². The van der Waals surface area contributed by atoms with Gasteiger partial charge in [0.15, 0.2) is 0 Å². The van der Waals surface area contributed by atoms with E-state index in [1.54, 1.807) is 0 Å². The van der Waals surface area contributed by atoms with Gasteiger partial charge in [0, 0.05) is 18.1 Å². The first kappa shape index (κ1) is 14.8. The third-order valence-corrected chi connectivity index (χ3v) is 4.12. The molecule has 19 heavy (non-hydrogen) atoms. The Bertz CT molecular complexity index is 411. The lowest BCUT2D eigenvalue weighted by Gasteiger charge is -2.35. The fraction of sp³-hybridized carbons (Fsp3) is 0.600. The van der Waals surface area contributed by atoms with Crippen LogP contribution in [-0.2, 0) is 0 Å². The van der Waals surface area contributed by atoms with Gasteiger partial charge in [0.2, 0.25) is 0 Å². The Kier molecular flexibility index (Phi) is 5.22. The number of nitrogens with zero attached hydrogens (tertiary/aromatic N) is 1. The van der Waals surface area contributed by atoms with Crippen LogP contribution in [0.4, 0.5) is 0 Å². The van der Waals surface area contributed by atoms with Crippen molar-refractivity contribution in [2.45, 2.75) is 32.0 Å². The van der Waals surface area contributed by atoms with Crippen molar-refractivity contribution in [3.8, 4) is 0 Å². The van der Waals surface area contributed by atoms with Crippen LogP contribution in [0.2, 0.25) is 5.02 Å². The van der Waals surface area contributed by atoms with Gasteiger partial charge in [-0.1, -0.05) is 23.7 Å². The Balaban J connectivity index is 1.93. The van der Waals surface area contributed by atoms with E-state index in [9.17, 15) is 10.2 Å². The number of aliphatic hydroxyl groups excluding tert-OH is 2. The van der Waals surface area contributed by atoms with E-state index in [2.05, 4.69) is 4.90 Å². The summed E-state index contributed by atoms with van der Waals surface area (Å²) >= 11 is 5.94. The zero-order chi connectivity index (χ0) is 13.8. The van der Waals surface area contributed by atoms with Crippen molar-refractivity contribution < 1.29 is 10.2 Å². The second kappa shape index (κ2) is 6.71. The molecule has 0 saturated carbocycles. The van der Waals surface area contributed by atoms with Crippen molar-refractivity contribution >= 4 is 11.6 Å². The number of hydrogen-bond donors (Lipinski definition) is 2. The van der Waals surface area contributed by atoms with Gasteiger partial charge in [-0.2, -0.15) is 0 Å². The maximum Gasteiger partial charge on any atom is 0.0917 e. The van der Waals surface area contributed by atoms with Gasteiger partial charge in [0.25, 0.3) is 0 Å². The lowest BCUT2D eigenvalue weighted by atomic mass is 9.93. The van der Waals surface area contributed by atoms with E-state index in [1.165, 1.54) is 0 Å². The van der Waals surface area contributed by atoms with Crippen molar-refractivity contribution in [2.75, 3.05) is 19.6 Å². The molecular weight excluding hydrogens is 262 g/mol. The van der Waals surface area contributed by atoms with Crippen LogP contribution in [0.5, 0.6) is 0 Å². The number of halogens is 1. The molecule has 1 saturated heterocycles. The molecule has 2 N–H and O–H groups in total. The molecule has 2 rings (SSSR count). The minimum atomic E-state index is -0.522. The van der Waals surface area contributed by atoms with E-state index in [-0.39, 0.29) is 6.10 Å². The largest absolute Gasteiger partial charge is 0.393 e. The minimum Gasteiger partial charge on any atom is -0.393 e. The van der Waals surface area contributed by atoms with Crippen LogP contribution >= 0.6 is 11.6 Å². The molecule has 1 aromatic carbocycles. The van der Waals surface area contributed by atoms with Crippen molar-refractivity contribution in [2.24, 2.45) is 5.92 Å². The average Bonchev–Trinajstić information content (AvgIpc) is 2.39. The van der Waals surface area contributed by atoms with E-state index in [1.807, 2.05) is 31.2 Å². The molecule has 0 aliphatic carbocycles. The SMILES string of the molecule is CC(O)C1CCCN(CC(O)c2cccc(Cl)c2)C1. The lowest BCUT2D eigenvalue weighted by molar-refractivity contribution is 0.0377. The predicted octanol–water partition coefficient (Wildman–Crippen LogP) is 2.47. The molecule has 0 spiro atoms. The molecule has 1 aliphatic rings. The Morgan fingerprint density at radius 1 is 1.42 bits per heavy atom. The number of rotatable bonds is 4. The Morgan fingerprint density at radius 3 is 2.89 bits per heavy atom. The molecule has 3 unspecified atom stereocenters. The monoisotopic (exact) mass is 283 g/mol. The zero-order valence-corrected chi connectivity index (χ0v) is 12.1. The van der Waals surface area contributed by atoms with Gasteiger partial charge in [0.1, 0.15) is 0 Å². The first-order valence-corrected chi connectivity index (χ1v) is 7.28. The fourth-order valence-electron chi connectivity index (χ4n) is 2.71. The molecule has 1 heterocycles. The van der Waals surface area contributed by atoms with Crippen LogP contribution in [0.1, 0.15) is 31.4 Å². The Hall–Kier alpha value is -0.610. The summed E-state index contributed by atoms with van der Waals surface area (Å²) < 4.78 is 0. The number of aliphatic hydroxyl groups is 2. The van der Waals surface area contributed by atoms with Crippen LogP contribution < -0.4 is 0 Å². The minimum absolute atomic E-state index is 0.272. The Labute approximate surface area is 119 Å². The summed E-state index contributed by atoms with van der Waals surface area (Å²) in [5, 5.41) is 20.6. The van der Waals surface area contributed by atoms with Crippen molar-refractivity contribution in [1.29, 1.82) is 0 Å².